The maximum absolute atomic E-state index is 15.3. The van der Waals surface area contributed by atoms with E-state index < -0.39 is 49.2 Å². The molecule has 0 aliphatic carbocycles. The topological polar surface area (TPSA) is 88.1 Å². The van der Waals surface area contributed by atoms with Crippen LogP contribution >= 0.6 is 0 Å². The van der Waals surface area contributed by atoms with Gasteiger partial charge < -0.3 is 18.9 Å². The lowest BCUT2D eigenvalue weighted by Crippen LogP contribution is -2.37. The van der Waals surface area contributed by atoms with Gasteiger partial charge in [-0.3, -0.25) is 0 Å². The van der Waals surface area contributed by atoms with Crippen LogP contribution in [0.3, 0.4) is 0 Å². The number of benzene rings is 3. The van der Waals surface area contributed by atoms with Crippen LogP contribution in [-0.2, 0) is 18.9 Å². The Labute approximate surface area is 195 Å². The quantitative estimate of drug-likeness (QED) is 0.386. The molecule has 1 unspecified atom stereocenters. The fourth-order valence-corrected chi connectivity index (χ4v) is 3.38. The third-order valence-electron chi connectivity index (χ3n) is 5.12. The van der Waals surface area contributed by atoms with Gasteiger partial charge >= 0.3 is 17.9 Å². The van der Waals surface area contributed by atoms with Gasteiger partial charge in [-0.2, -0.15) is 0 Å². The van der Waals surface area contributed by atoms with Crippen LogP contribution in [0.5, 0.6) is 0 Å². The minimum atomic E-state index is -2.00. The Bertz CT molecular complexity index is 1120. The molecule has 1 aliphatic heterocycles. The van der Waals surface area contributed by atoms with Crippen molar-refractivity contribution in [3.8, 4) is 0 Å². The molecule has 0 amide bonds. The Hall–Kier alpha value is -4.04. The van der Waals surface area contributed by atoms with Crippen LogP contribution in [0, 0.1) is 0 Å². The summed E-state index contributed by atoms with van der Waals surface area (Å²) in [4.78, 5) is 37.2. The van der Waals surface area contributed by atoms with Crippen molar-refractivity contribution in [1.82, 2.24) is 0 Å². The summed E-state index contributed by atoms with van der Waals surface area (Å²) < 4.78 is 36.6. The molecular formula is C26H21FO7. The summed E-state index contributed by atoms with van der Waals surface area (Å²) in [5.74, 6) is -2.24. The van der Waals surface area contributed by atoms with Gasteiger partial charge in [0, 0.05) is 0 Å². The SMILES string of the molecule is O=C(OC[C@@H]1O[C@@H](OC(=O)c2ccccc2)C(F)[C@@H]1OC(=O)c1ccccc1)c1ccccc1. The molecule has 1 fully saturated rings. The average molecular weight is 464 g/mol. The second kappa shape index (κ2) is 10.7. The number of ether oxygens (including phenoxy) is 4. The van der Waals surface area contributed by atoms with E-state index in [4.69, 9.17) is 18.9 Å². The van der Waals surface area contributed by atoms with E-state index in [2.05, 4.69) is 0 Å². The van der Waals surface area contributed by atoms with Crippen LogP contribution < -0.4 is 0 Å². The summed E-state index contributed by atoms with van der Waals surface area (Å²) in [6.45, 7) is -0.416. The monoisotopic (exact) mass is 464 g/mol. The Morgan fingerprint density at radius 1 is 0.676 bits per heavy atom. The number of carbonyl (C=O) groups excluding carboxylic acids is 3. The van der Waals surface area contributed by atoms with Crippen molar-refractivity contribution >= 4 is 17.9 Å². The van der Waals surface area contributed by atoms with Gasteiger partial charge in [-0.1, -0.05) is 54.6 Å². The highest BCUT2D eigenvalue weighted by atomic mass is 19.1. The largest absolute Gasteiger partial charge is 0.459 e. The molecular weight excluding hydrogens is 443 g/mol. The second-order valence-electron chi connectivity index (χ2n) is 7.46. The Kier molecular flexibility index (Phi) is 7.29. The van der Waals surface area contributed by atoms with E-state index in [9.17, 15) is 14.4 Å². The first-order valence-electron chi connectivity index (χ1n) is 10.6. The predicted molar refractivity (Wildman–Crippen MR) is 118 cm³/mol. The molecule has 1 heterocycles. The number of carbonyl (C=O) groups is 3. The van der Waals surface area contributed by atoms with Crippen molar-refractivity contribution in [3.05, 3.63) is 108 Å². The van der Waals surface area contributed by atoms with Crippen LogP contribution in [-0.4, -0.2) is 49.2 Å². The van der Waals surface area contributed by atoms with Gasteiger partial charge in [0.15, 0.2) is 6.10 Å². The molecule has 174 valence electrons. The van der Waals surface area contributed by atoms with Crippen LogP contribution in [0.1, 0.15) is 31.1 Å². The third-order valence-corrected chi connectivity index (χ3v) is 5.12. The molecule has 34 heavy (non-hydrogen) atoms. The van der Waals surface area contributed by atoms with Gasteiger partial charge in [0.25, 0.3) is 0 Å². The zero-order valence-electron chi connectivity index (χ0n) is 17.9. The van der Waals surface area contributed by atoms with E-state index in [1.165, 1.54) is 24.3 Å². The maximum atomic E-state index is 15.3. The molecule has 0 N–H and O–H groups in total. The summed E-state index contributed by atoms with van der Waals surface area (Å²) >= 11 is 0. The van der Waals surface area contributed by atoms with Crippen LogP contribution in [0.15, 0.2) is 91.0 Å². The van der Waals surface area contributed by atoms with E-state index in [1.54, 1.807) is 66.7 Å². The van der Waals surface area contributed by atoms with Crippen molar-refractivity contribution in [2.75, 3.05) is 6.61 Å². The molecule has 0 aromatic heterocycles. The molecule has 8 heteroatoms. The smallest absolute Gasteiger partial charge is 0.340 e. The minimum Gasteiger partial charge on any atom is -0.459 e. The summed E-state index contributed by atoms with van der Waals surface area (Å²) in [7, 11) is 0. The molecule has 0 saturated carbocycles. The van der Waals surface area contributed by atoms with Crippen molar-refractivity contribution < 1.29 is 37.7 Å². The van der Waals surface area contributed by atoms with Gasteiger partial charge in [0.05, 0.1) is 16.7 Å². The molecule has 0 bridgehead atoms. The van der Waals surface area contributed by atoms with Crippen molar-refractivity contribution in [2.45, 2.75) is 24.7 Å². The first kappa shape index (κ1) is 23.1. The molecule has 4 atom stereocenters. The second-order valence-corrected chi connectivity index (χ2v) is 7.46. The highest BCUT2D eigenvalue weighted by Crippen LogP contribution is 2.29. The summed E-state index contributed by atoms with van der Waals surface area (Å²) in [6.07, 6.45) is -6.31. The van der Waals surface area contributed by atoms with Gasteiger partial charge in [0.2, 0.25) is 12.5 Å². The summed E-state index contributed by atoms with van der Waals surface area (Å²) in [5, 5.41) is 0. The van der Waals surface area contributed by atoms with E-state index in [0.29, 0.717) is 5.56 Å². The lowest BCUT2D eigenvalue weighted by molar-refractivity contribution is -0.129. The van der Waals surface area contributed by atoms with Crippen LogP contribution in [0.2, 0.25) is 0 Å². The zero-order chi connectivity index (χ0) is 23.9. The normalized spacial score (nSPS) is 21.4. The standard InChI is InChI=1S/C26H21FO7/c27-21-22(33-24(29)18-12-6-2-7-13-18)20(16-31-23(28)17-10-4-1-5-11-17)32-26(21)34-25(30)19-14-8-3-9-15-19/h1-15,20-22,26H,16H2/t20-,21?,22+,26-/m0/s1. The number of esters is 3. The van der Waals surface area contributed by atoms with Gasteiger partial charge in [0.1, 0.15) is 12.7 Å². The van der Waals surface area contributed by atoms with E-state index >= 15 is 4.39 Å². The first-order valence-corrected chi connectivity index (χ1v) is 10.6. The summed E-state index contributed by atoms with van der Waals surface area (Å²) in [5.41, 5.74) is 0.705. The number of hydrogen-bond donors (Lipinski definition) is 0. The van der Waals surface area contributed by atoms with Crippen LogP contribution in [0.25, 0.3) is 0 Å². The van der Waals surface area contributed by atoms with Crippen molar-refractivity contribution in [2.24, 2.45) is 0 Å². The van der Waals surface area contributed by atoms with Crippen LogP contribution in [0.4, 0.5) is 4.39 Å². The molecule has 0 spiro atoms. The van der Waals surface area contributed by atoms with E-state index in [0.717, 1.165) is 0 Å². The first-order chi connectivity index (χ1) is 16.5. The van der Waals surface area contributed by atoms with E-state index in [-0.39, 0.29) is 11.1 Å². The molecule has 1 saturated heterocycles. The van der Waals surface area contributed by atoms with Gasteiger partial charge in [-0.25, -0.2) is 18.8 Å². The molecule has 7 nitrogen and oxygen atoms in total. The summed E-state index contributed by atoms with van der Waals surface area (Å²) in [6, 6.07) is 24.2. The van der Waals surface area contributed by atoms with Gasteiger partial charge in [-0.05, 0) is 36.4 Å². The third kappa shape index (κ3) is 5.47. The number of alkyl halides is 1. The zero-order valence-corrected chi connectivity index (χ0v) is 17.9. The van der Waals surface area contributed by atoms with Gasteiger partial charge in [-0.15, -0.1) is 0 Å². The Morgan fingerprint density at radius 2 is 1.12 bits per heavy atom. The van der Waals surface area contributed by atoms with Crippen molar-refractivity contribution in [1.29, 1.82) is 0 Å². The highest BCUT2D eigenvalue weighted by molar-refractivity contribution is 5.90. The minimum absolute atomic E-state index is 0.204. The molecule has 4 rings (SSSR count). The number of rotatable bonds is 7. The fourth-order valence-electron chi connectivity index (χ4n) is 3.38. The Morgan fingerprint density at radius 3 is 1.62 bits per heavy atom. The number of hydrogen-bond acceptors (Lipinski definition) is 7. The Balaban J connectivity index is 1.47. The number of halogens is 1. The molecule has 3 aromatic carbocycles. The lowest BCUT2D eigenvalue weighted by atomic mass is 10.1. The lowest BCUT2D eigenvalue weighted by Gasteiger charge is -2.19. The average Bonchev–Trinajstić information content (AvgIpc) is 3.17. The predicted octanol–water partition coefficient (Wildman–Crippen LogP) is 3.99. The van der Waals surface area contributed by atoms with E-state index in [1.807, 2.05) is 0 Å². The molecule has 0 radical (unpaired) electrons. The highest BCUT2D eigenvalue weighted by Gasteiger charge is 2.50. The van der Waals surface area contributed by atoms with Crippen molar-refractivity contribution in [3.63, 3.8) is 0 Å². The molecule has 3 aromatic rings. The maximum Gasteiger partial charge on any atom is 0.340 e. The molecule has 1 aliphatic rings. The fraction of sp³-hybridized carbons (Fsp3) is 0.192.